The van der Waals surface area contributed by atoms with Crippen LogP contribution in [-0.2, 0) is 10.0 Å². The third kappa shape index (κ3) is 5.14. The molecule has 0 radical (unpaired) electrons. The zero-order valence-corrected chi connectivity index (χ0v) is 17.0. The molecule has 0 saturated heterocycles. The second kappa shape index (κ2) is 8.79. The van der Waals surface area contributed by atoms with Gasteiger partial charge in [0.05, 0.1) is 11.4 Å². The molecule has 0 unspecified atom stereocenters. The van der Waals surface area contributed by atoms with Crippen LogP contribution < -0.4 is 14.4 Å². The molecule has 0 heterocycles. The van der Waals surface area contributed by atoms with Gasteiger partial charge in [-0.3, -0.25) is 9.10 Å². The molecule has 0 bridgehead atoms. The van der Waals surface area contributed by atoms with Crippen LogP contribution in [0.2, 0.25) is 0 Å². The molecule has 3 aromatic carbocycles. The summed E-state index contributed by atoms with van der Waals surface area (Å²) < 4.78 is 30.8. The van der Waals surface area contributed by atoms with E-state index in [1.807, 2.05) is 30.3 Å². The van der Waals surface area contributed by atoms with E-state index in [0.29, 0.717) is 22.7 Å². The van der Waals surface area contributed by atoms with Crippen LogP contribution in [0, 0.1) is 0 Å². The Morgan fingerprint density at radius 3 is 2.07 bits per heavy atom. The number of amides is 1. The first-order valence-corrected chi connectivity index (χ1v) is 10.7. The summed E-state index contributed by atoms with van der Waals surface area (Å²) >= 11 is 0. The van der Waals surface area contributed by atoms with Crippen LogP contribution in [0.5, 0.6) is 11.5 Å². The number of ether oxygens (including phenoxy) is 1. The second-order valence-corrected chi connectivity index (χ2v) is 8.60. The lowest BCUT2D eigenvalue weighted by molar-refractivity contribution is 0.102. The van der Waals surface area contributed by atoms with E-state index in [1.165, 1.54) is 11.4 Å². The zero-order valence-electron chi connectivity index (χ0n) is 16.2. The van der Waals surface area contributed by atoms with Crippen molar-refractivity contribution in [1.82, 2.24) is 0 Å². The lowest BCUT2D eigenvalue weighted by atomic mass is 10.2. The van der Waals surface area contributed by atoms with Gasteiger partial charge in [-0.05, 0) is 67.6 Å². The molecule has 3 rings (SSSR count). The fourth-order valence-corrected chi connectivity index (χ4v) is 3.44. The Bertz CT molecular complexity index is 1060. The van der Waals surface area contributed by atoms with Gasteiger partial charge in [0.25, 0.3) is 5.91 Å². The van der Waals surface area contributed by atoms with Crippen molar-refractivity contribution in [2.75, 3.05) is 22.4 Å². The van der Waals surface area contributed by atoms with Crippen LogP contribution in [-0.4, -0.2) is 27.1 Å². The fourth-order valence-electron chi connectivity index (χ4n) is 2.61. The van der Waals surface area contributed by atoms with Crippen molar-refractivity contribution in [1.29, 1.82) is 0 Å². The first kappa shape index (κ1) is 20.4. The molecule has 0 aliphatic rings. The Morgan fingerprint density at radius 2 is 1.48 bits per heavy atom. The number of sulfonamides is 1. The molecule has 6 nitrogen and oxygen atoms in total. The number of para-hydroxylation sites is 1. The first-order chi connectivity index (χ1) is 13.9. The van der Waals surface area contributed by atoms with Crippen LogP contribution >= 0.6 is 0 Å². The normalized spacial score (nSPS) is 11.0. The predicted octanol–water partition coefficient (Wildman–Crippen LogP) is 4.52. The van der Waals surface area contributed by atoms with Crippen molar-refractivity contribution < 1.29 is 17.9 Å². The summed E-state index contributed by atoms with van der Waals surface area (Å²) in [5, 5.41) is 2.81. The molecule has 150 valence electrons. The van der Waals surface area contributed by atoms with Gasteiger partial charge in [0.2, 0.25) is 10.0 Å². The number of hydrogen-bond donors (Lipinski definition) is 1. The Hall–Kier alpha value is -3.32. The number of carbonyl (C=O) groups is 1. The summed E-state index contributed by atoms with van der Waals surface area (Å²) in [5.74, 6) is 1.13. The number of nitrogens with one attached hydrogen (secondary N) is 1. The molecule has 3 aromatic rings. The van der Waals surface area contributed by atoms with Gasteiger partial charge >= 0.3 is 0 Å². The Labute approximate surface area is 170 Å². The number of rotatable bonds is 7. The molecule has 0 fully saturated rings. The lowest BCUT2D eigenvalue weighted by Gasteiger charge is -2.18. The third-order valence-corrected chi connectivity index (χ3v) is 6.14. The van der Waals surface area contributed by atoms with Crippen molar-refractivity contribution in [2.24, 2.45) is 0 Å². The van der Waals surface area contributed by atoms with Crippen molar-refractivity contribution >= 4 is 27.3 Å². The van der Waals surface area contributed by atoms with Crippen LogP contribution in [0.25, 0.3) is 0 Å². The molecule has 0 spiro atoms. The molecule has 0 aliphatic carbocycles. The largest absolute Gasteiger partial charge is 0.457 e. The summed E-state index contributed by atoms with van der Waals surface area (Å²) in [6.45, 7) is 1.59. The summed E-state index contributed by atoms with van der Waals surface area (Å²) in [6.07, 6.45) is 0. The Kier molecular flexibility index (Phi) is 6.19. The minimum absolute atomic E-state index is 0.00964. The van der Waals surface area contributed by atoms with E-state index in [-0.39, 0.29) is 11.7 Å². The zero-order chi connectivity index (χ0) is 20.9. The van der Waals surface area contributed by atoms with Gasteiger partial charge in [-0.15, -0.1) is 0 Å². The van der Waals surface area contributed by atoms with Gasteiger partial charge in [0.15, 0.2) is 0 Å². The maximum atomic E-state index is 12.5. The maximum absolute atomic E-state index is 12.5. The van der Waals surface area contributed by atoms with Gasteiger partial charge in [0.1, 0.15) is 11.5 Å². The van der Waals surface area contributed by atoms with Gasteiger partial charge < -0.3 is 10.1 Å². The third-order valence-electron chi connectivity index (χ3n) is 4.37. The molecule has 7 heteroatoms. The molecule has 0 saturated carbocycles. The molecular weight excluding hydrogens is 388 g/mol. The topological polar surface area (TPSA) is 75.7 Å². The van der Waals surface area contributed by atoms with Crippen molar-refractivity contribution in [3.8, 4) is 11.5 Å². The van der Waals surface area contributed by atoms with Crippen LogP contribution in [0.4, 0.5) is 11.4 Å². The highest BCUT2D eigenvalue weighted by Gasteiger charge is 2.16. The molecular formula is C22H22N2O4S. The minimum atomic E-state index is -3.34. The summed E-state index contributed by atoms with van der Waals surface area (Å²) in [7, 11) is -1.85. The van der Waals surface area contributed by atoms with E-state index in [1.54, 1.807) is 55.5 Å². The standard InChI is InChI=1S/C22H22N2O4S/c1-3-29(26,27)24(2)19-13-9-17(10-14-19)22(25)23-18-11-15-21(16-12-18)28-20-7-5-4-6-8-20/h4-16H,3H2,1-2H3,(H,23,25). The van der Waals surface area contributed by atoms with Crippen molar-refractivity contribution in [2.45, 2.75) is 6.92 Å². The van der Waals surface area contributed by atoms with E-state index in [4.69, 9.17) is 4.74 Å². The Balaban J connectivity index is 1.64. The van der Waals surface area contributed by atoms with Gasteiger partial charge in [-0.1, -0.05) is 18.2 Å². The smallest absolute Gasteiger partial charge is 0.255 e. The first-order valence-electron chi connectivity index (χ1n) is 9.10. The molecule has 1 N–H and O–H groups in total. The number of benzene rings is 3. The van der Waals surface area contributed by atoms with E-state index < -0.39 is 10.0 Å². The molecule has 0 aliphatic heterocycles. The number of hydrogen-bond acceptors (Lipinski definition) is 4. The summed E-state index contributed by atoms with van der Waals surface area (Å²) in [5.41, 5.74) is 1.57. The average molecular weight is 410 g/mol. The summed E-state index contributed by atoms with van der Waals surface area (Å²) in [4.78, 5) is 12.5. The number of nitrogens with zero attached hydrogens (tertiary/aromatic N) is 1. The van der Waals surface area contributed by atoms with Gasteiger partial charge in [-0.25, -0.2) is 8.42 Å². The molecule has 0 atom stereocenters. The minimum Gasteiger partial charge on any atom is -0.457 e. The fraction of sp³-hybridized carbons (Fsp3) is 0.136. The van der Waals surface area contributed by atoms with Crippen molar-refractivity contribution in [3.63, 3.8) is 0 Å². The predicted molar refractivity (Wildman–Crippen MR) is 115 cm³/mol. The van der Waals surface area contributed by atoms with E-state index in [2.05, 4.69) is 5.32 Å². The van der Waals surface area contributed by atoms with Crippen LogP contribution in [0.3, 0.4) is 0 Å². The molecule has 1 amide bonds. The van der Waals surface area contributed by atoms with E-state index in [0.717, 1.165) is 5.75 Å². The lowest BCUT2D eigenvalue weighted by Crippen LogP contribution is -2.28. The van der Waals surface area contributed by atoms with Gasteiger partial charge in [0, 0.05) is 18.3 Å². The van der Waals surface area contributed by atoms with Gasteiger partial charge in [-0.2, -0.15) is 0 Å². The second-order valence-electron chi connectivity index (χ2n) is 6.31. The molecule has 0 aromatic heterocycles. The van der Waals surface area contributed by atoms with Crippen molar-refractivity contribution in [3.05, 3.63) is 84.4 Å². The quantitative estimate of drug-likeness (QED) is 0.621. The highest BCUT2D eigenvalue weighted by Crippen LogP contribution is 2.23. The number of carbonyl (C=O) groups excluding carboxylic acids is 1. The monoisotopic (exact) mass is 410 g/mol. The van der Waals surface area contributed by atoms with E-state index >= 15 is 0 Å². The number of anilines is 2. The average Bonchev–Trinajstić information content (AvgIpc) is 2.75. The Morgan fingerprint density at radius 1 is 0.897 bits per heavy atom. The molecule has 29 heavy (non-hydrogen) atoms. The maximum Gasteiger partial charge on any atom is 0.255 e. The summed E-state index contributed by atoms with van der Waals surface area (Å²) in [6, 6.07) is 22.9. The van der Waals surface area contributed by atoms with Crippen LogP contribution in [0.15, 0.2) is 78.9 Å². The SMILES string of the molecule is CCS(=O)(=O)N(C)c1ccc(C(=O)Nc2ccc(Oc3ccccc3)cc2)cc1. The van der Waals surface area contributed by atoms with Crippen LogP contribution in [0.1, 0.15) is 17.3 Å². The highest BCUT2D eigenvalue weighted by molar-refractivity contribution is 7.92. The highest BCUT2D eigenvalue weighted by atomic mass is 32.2. The van der Waals surface area contributed by atoms with E-state index in [9.17, 15) is 13.2 Å².